The number of amides is 2. The van der Waals surface area contributed by atoms with Crippen LogP contribution in [0.4, 0.5) is 0 Å². The van der Waals surface area contributed by atoms with Crippen molar-refractivity contribution in [1.82, 2.24) is 5.32 Å². The molecular weight excluding hydrogens is 234 g/mol. The molecule has 0 fully saturated rings. The Bertz CT molecular complexity index is 533. The minimum atomic E-state index is -1.02. The number of nitrogens with one attached hydrogen (secondary N) is 1. The highest BCUT2D eigenvalue weighted by atomic mass is 16.4. The van der Waals surface area contributed by atoms with Gasteiger partial charge in [-0.1, -0.05) is 30.3 Å². The third-order valence-corrected chi connectivity index (χ3v) is 2.74. The maximum absolute atomic E-state index is 11.6. The topological polar surface area (TPSA) is 83.5 Å². The molecule has 1 atom stereocenters. The van der Waals surface area contributed by atoms with Crippen LogP contribution in [0.1, 0.15) is 17.9 Å². The minimum Gasteiger partial charge on any atom is -0.481 e. The SMILES string of the molecule is O=C(O)CC(C1=CC(=O)NC1=O)c1ccccc1. The van der Waals surface area contributed by atoms with Crippen LogP contribution in [0.3, 0.4) is 0 Å². The third kappa shape index (κ3) is 2.45. The number of rotatable bonds is 4. The van der Waals surface area contributed by atoms with Gasteiger partial charge in [-0.3, -0.25) is 19.7 Å². The van der Waals surface area contributed by atoms with Crippen LogP contribution in [0.25, 0.3) is 0 Å². The number of hydrogen-bond donors (Lipinski definition) is 2. The van der Waals surface area contributed by atoms with Gasteiger partial charge in [-0.2, -0.15) is 0 Å². The molecule has 1 aliphatic heterocycles. The lowest BCUT2D eigenvalue weighted by Gasteiger charge is -2.14. The van der Waals surface area contributed by atoms with Crippen molar-refractivity contribution in [3.63, 3.8) is 0 Å². The van der Waals surface area contributed by atoms with Crippen molar-refractivity contribution in [2.24, 2.45) is 0 Å². The number of carboxylic acid groups (broad SMARTS) is 1. The molecule has 1 unspecified atom stereocenters. The van der Waals surface area contributed by atoms with Crippen LogP contribution in [0.2, 0.25) is 0 Å². The summed E-state index contributed by atoms with van der Waals surface area (Å²) in [6.45, 7) is 0. The molecule has 2 rings (SSSR count). The highest BCUT2D eigenvalue weighted by molar-refractivity contribution is 6.17. The molecular formula is C13H11NO4. The quantitative estimate of drug-likeness (QED) is 0.769. The molecule has 0 aromatic heterocycles. The predicted molar refractivity (Wildman–Crippen MR) is 62.7 cm³/mol. The van der Waals surface area contributed by atoms with Crippen molar-refractivity contribution >= 4 is 17.8 Å². The van der Waals surface area contributed by atoms with E-state index in [9.17, 15) is 14.4 Å². The van der Waals surface area contributed by atoms with Crippen LogP contribution in [0.15, 0.2) is 42.0 Å². The molecule has 5 nitrogen and oxygen atoms in total. The van der Waals surface area contributed by atoms with E-state index in [1.54, 1.807) is 30.3 Å². The van der Waals surface area contributed by atoms with E-state index < -0.39 is 23.7 Å². The van der Waals surface area contributed by atoms with Crippen molar-refractivity contribution in [3.05, 3.63) is 47.5 Å². The van der Waals surface area contributed by atoms with E-state index in [0.717, 1.165) is 0 Å². The summed E-state index contributed by atoms with van der Waals surface area (Å²) in [6.07, 6.45) is 0.944. The molecule has 0 saturated carbocycles. The molecule has 2 amide bonds. The van der Waals surface area contributed by atoms with Crippen molar-refractivity contribution in [1.29, 1.82) is 0 Å². The molecule has 18 heavy (non-hydrogen) atoms. The summed E-state index contributed by atoms with van der Waals surface area (Å²) < 4.78 is 0. The first kappa shape index (κ1) is 12.0. The van der Waals surface area contributed by atoms with E-state index >= 15 is 0 Å². The Hall–Kier alpha value is -2.43. The molecule has 92 valence electrons. The molecule has 0 bridgehead atoms. The maximum Gasteiger partial charge on any atom is 0.304 e. The van der Waals surface area contributed by atoms with Crippen LogP contribution in [0.5, 0.6) is 0 Å². The smallest absolute Gasteiger partial charge is 0.304 e. The van der Waals surface area contributed by atoms with Crippen LogP contribution in [0, 0.1) is 0 Å². The molecule has 1 aliphatic rings. The molecule has 0 aliphatic carbocycles. The van der Waals surface area contributed by atoms with Crippen LogP contribution in [-0.4, -0.2) is 22.9 Å². The highest BCUT2D eigenvalue weighted by Crippen LogP contribution is 2.29. The van der Waals surface area contributed by atoms with E-state index in [1.807, 2.05) is 0 Å². The molecule has 1 heterocycles. The molecule has 5 heteroatoms. The average molecular weight is 245 g/mol. The molecule has 1 aromatic rings. The lowest BCUT2D eigenvalue weighted by atomic mass is 9.88. The molecule has 0 saturated heterocycles. The minimum absolute atomic E-state index is 0.202. The Labute approximate surface area is 103 Å². The fourth-order valence-corrected chi connectivity index (χ4v) is 1.95. The molecule has 0 spiro atoms. The molecule has 2 N–H and O–H groups in total. The van der Waals surface area contributed by atoms with Gasteiger partial charge in [0.15, 0.2) is 0 Å². The van der Waals surface area contributed by atoms with Gasteiger partial charge in [0.1, 0.15) is 0 Å². The summed E-state index contributed by atoms with van der Waals surface area (Å²) in [7, 11) is 0. The number of hydrogen-bond acceptors (Lipinski definition) is 3. The Balaban J connectivity index is 2.38. The van der Waals surface area contributed by atoms with Crippen molar-refractivity contribution in [2.75, 3.05) is 0 Å². The predicted octanol–water partition coefficient (Wildman–Crippen LogP) is 0.828. The van der Waals surface area contributed by atoms with Gasteiger partial charge in [-0.25, -0.2) is 0 Å². The first-order valence-electron chi connectivity index (χ1n) is 5.41. The second-order valence-electron chi connectivity index (χ2n) is 3.98. The number of benzene rings is 1. The monoisotopic (exact) mass is 245 g/mol. The van der Waals surface area contributed by atoms with Crippen LogP contribution >= 0.6 is 0 Å². The van der Waals surface area contributed by atoms with Gasteiger partial charge in [0.2, 0.25) is 0 Å². The Morgan fingerprint density at radius 2 is 1.89 bits per heavy atom. The fourth-order valence-electron chi connectivity index (χ4n) is 1.95. The lowest BCUT2D eigenvalue weighted by molar-refractivity contribution is -0.137. The van der Waals surface area contributed by atoms with Gasteiger partial charge >= 0.3 is 5.97 Å². The zero-order valence-electron chi connectivity index (χ0n) is 9.42. The van der Waals surface area contributed by atoms with Crippen molar-refractivity contribution < 1.29 is 19.5 Å². The molecule has 1 aromatic carbocycles. The summed E-state index contributed by atoms with van der Waals surface area (Å²) in [4.78, 5) is 33.6. The Morgan fingerprint density at radius 1 is 1.22 bits per heavy atom. The number of aliphatic carboxylic acids is 1. The van der Waals surface area contributed by atoms with E-state index in [-0.39, 0.29) is 12.0 Å². The highest BCUT2D eigenvalue weighted by Gasteiger charge is 2.30. The summed E-state index contributed by atoms with van der Waals surface area (Å²) >= 11 is 0. The number of carbonyl (C=O) groups excluding carboxylic acids is 2. The summed E-state index contributed by atoms with van der Waals surface area (Å²) in [6, 6.07) is 8.81. The lowest BCUT2D eigenvalue weighted by Crippen LogP contribution is -2.24. The van der Waals surface area contributed by atoms with Gasteiger partial charge < -0.3 is 5.11 Å². The van der Waals surface area contributed by atoms with Crippen LogP contribution in [-0.2, 0) is 14.4 Å². The first-order valence-corrected chi connectivity index (χ1v) is 5.41. The summed E-state index contributed by atoms with van der Waals surface area (Å²) in [5.41, 5.74) is 0.907. The van der Waals surface area contributed by atoms with Gasteiger partial charge in [0.05, 0.1) is 6.42 Å². The fraction of sp³-hybridized carbons (Fsp3) is 0.154. The zero-order valence-corrected chi connectivity index (χ0v) is 9.42. The van der Waals surface area contributed by atoms with E-state index in [0.29, 0.717) is 5.56 Å². The normalized spacial score (nSPS) is 16.1. The number of imide groups is 1. The second kappa shape index (κ2) is 4.83. The second-order valence-corrected chi connectivity index (χ2v) is 3.98. The Morgan fingerprint density at radius 3 is 2.39 bits per heavy atom. The third-order valence-electron chi connectivity index (χ3n) is 2.74. The molecule has 0 radical (unpaired) electrons. The van der Waals surface area contributed by atoms with Gasteiger partial charge in [0.25, 0.3) is 11.8 Å². The van der Waals surface area contributed by atoms with Gasteiger partial charge in [-0.15, -0.1) is 0 Å². The van der Waals surface area contributed by atoms with E-state index in [1.165, 1.54) is 6.08 Å². The maximum atomic E-state index is 11.6. The van der Waals surface area contributed by atoms with Crippen LogP contribution < -0.4 is 5.32 Å². The van der Waals surface area contributed by atoms with Gasteiger partial charge in [-0.05, 0) is 5.56 Å². The summed E-state index contributed by atoms with van der Waals surface area (Å²) in [5, 5.41) is 11.0. The van der Waals surface area contributed by atoms with E-state index in [4.69, 9.17) is 5.11 Å². The number of carbonyl (C=O) groups is 3. The number of carboxylic acids is 1. The first-order chi connectivity index (χ1) is 8.58. The standard InChI is InChI=1S/C13H11NO4/c15-11-6-10(13(18)14-11)9(7-12(16)17)8-4-2-1-3-5-8/h1-6,9H,7H2,(H,16,17)(H,14,15,18). The van der Waals surface area contributed by atoms with Gasteiger partial charge in [0, 0.05) is 17.6 Å². The van der Waals surface area contributed by atoms with Crippen molar-refractivity contribution in [3.8, 4) is 0 Å². The Kier molecular flexibility index (Phi) is 3.23. The van der Waals surface area contributed by atoms with Crippen molar-refractivity contribution in [2.45, 2.75) is 12.3 Å². The largest absolute Gasteiger partial charge is 0.481 e. The zero-order chi connectivity index (χ0) is 13.1. The van der Waals surface area contributed by atoms with E-state index in [2.05, 4.69) is 5.32 Å². The summed E-state index contributed by atoms with van der Waals surface area (Å²) in [5.74, 6) is -2.64. The average Bonchev–Trinajstić information content (AvgIpc) is 2.66.